The third-order valence-corrected chi connectivity index (χ3v) is 1.63. The molecule has 0 unspecified atom stereocenters. The highest BCUT2D eigenvalue weighted by atomic mass is 79.9. The lowest BCUT2D eigenvalue weighted by atomic mass is 10.2. The van der Waals surface area contributed by atoms with Gasteiger partial charge in [-0.2, -0.15) is 5.26 Å². The number of rotatable bonds is 0. The second-order valence-corrected chi connectivity index (χ2v) is 2.75. The molecule has 0 aliphatic heterocycles. The molecule has 3 heteroatoms. The van der Waals surface area contributed by atoms with E-state index in [4.69, 9.17) is 5.26 Å². The van der Waals surface area contributed by atoms with E-state index in [0.717, 1.165) is 10.2 Å². The minimum atomic E-state index is 0.628. The van der Waals surface area contributed by atoms with E-state index in [1.165, 1.54) is 0 Å². The fourth-order valence-electron chi connectivity index (χ4n) is 0.639. The van der Waals surface area contributed by atoms with Crippen LogP contribution in [-0.2, 0) is 0 Å². The van der Waals surface area contributed by atoms with Gasteiger partial charge >= 0.3 is 0 Å². The van der Waals surface area contributed by atoms with Crippen LogP contribution >= 0.6 is 15.9 Å². The Balaban J connectivity index is 3.23. The number of nitriles is 1. The molecule has 0 aliphatic rings. The zero-order valence-corrected chi connectivity index (χ0v) is 7.01. The second-order valence-electron chi connectivity index (χ2n) is 1.93. The van der Waals surface area contributed by atoms with Crippen LogP contribution in [0.5, 0.6) is 0 Å². The van der Waals surface area contributed by atoms with Crippen LogP contribution in [0.4, 0.5) is 0 Å². The Labute approximate surface area is 67.6 Å². The van der Waals surface area contributed by atoms with Gasteiger partial charge in [0.25, 0.3) is 0 Å². The number of hydrogen-bond donors (Lipinski definition) is 0. The van der Waals surface area contributed by atoms with Crippen molar-refractivity contribution < 1.29 is 0 Å². The molecule has 1 rings (SSSR count). The zero-order chi connectivity index (χ0) is 7.56. The van der Waals surface area contributed by atoms with Gasteiger partial charge in [-0.3, -0.25) is 0 Å². The highest BCUT2D eigenvalue weighted by Crippen LogP contribution is 2.10. The molecule has 0 N–H and O–H groups in total. The summed E-state index contributed by atoms with van der Waals surface area (Å²) in [6.07, 6.45) is 1.55. The summed E-state index contributed by atoms with van der Waals surface area (Å²) >= 11 is 3.20. The summed E-state index contributed by atoms with van der Waals surface area (Å²) in [7, 11) is 0. The first-order chi connectivity index (χ1) is 4.74. The summed E-state index contributed by atoms with van der Waals surface area (Å²) in [5, 5.41) is 8.50. The first-order valence-electron chi connectivity index (χ1n) is 2.76. The van der Waals surface area contributed by atoms with Crippen LogP contribution in [0.2, 0.25) is 0 Å². The van der Waals surface area contributed by atoms with Gasteiger partial charge in [0, 0.05) is 6.20 Å². The summed E-state index contributed by atoms with van der Waals surface area (Å²) in [5.74, 6) is 0. The molecule has 0 saturated heterocycles. The van der Waals surface area contributed by atoms with Gasteiger partial charge in [0.1, 0.15) is 10.7 Å². The van der Waals surface area contributed by atoms with E-state index >= 15 is 0 Å². The summed E-state index contributed by atoms with van der Waals surface area (Å²) < 4.78 is 0.768. The van der Waals surface area contributed by atoms with E-state index < -0.39 is 0 Å². The number of hydrogen-bond acceptors (Lipinski definition) is 2. The van der Waals surface area contributed by atoms with Crippen molar-refractivity contribution in [3.63, 3.8) is 0 Å². The minimum Gasteiger partial charge on any atom is -0.248 e. The van der Waals surface area contributed by atoms with Crippen molar-refractivity contribution >= 4 is 15.9 Å². The molecule has 0 bridgehead atoms. The van der Waals surface area contributed by atoms with E-state index in [-0.39, 0.29) is 0 Å². The van der Waals surface area contributed by atoms with Gasteiger partial charge in [0.05, 0.1) is 5.56 Å². The van der Waals surface area contributed by atoms with Crippen LogP contribution in [-0.4, -0.2) is 4.98 Å². The maximum atomic E-state index is 8.50. The lowest BCUT2D eigenvalue weighted by Gasteiger charge is -1.94. The van der Waals surface area contributed by atoms with E-state index in [1.807, 2.05) is 19.1 Å². The number of aryl methyl sites for hydroxylation is 1. The lowest BCUT2D eigenvalue weighted by molar-refractivity contribution is 1.22. The van der Waals surface area contributed by atoms with Gasteiger partial charge in [-0.05, 0) is 34.5 Å². The van der Waals surface area contributed by atoms with E-state index in [2.05, 4.69) is 20.9 Å². The standard InChI is InChI=1S/C7H5BrN2/c1-5-2-7(8)10-4-6(5)3-9/h2,4H,1H3. The molecule has 10 heavy (non-hydrogen) atoms. The smallest absolute Gasteiger partial charge is 0.106 e. The summed E-state index contributed by atoms with van der Waals surface area (Å²) in [6, 6.07) is 3.86. The summed E-state index contributed by atoms with van der Waals surface area (Å²) in [4.78, 5) is 3.90. The second kappa shape index (κ2) is 2.80. The van der Waals surface area contributed by atoms with E-state index in [1.54, 1.807) is 6.20 Å². The summed E-state index contributed by atoms with van der Waals surface area (Å²) in [6.45, 7) is 1.88. The molecule has 0 aromatic carbocycles. The van der Waals surface area contributed by atoms with Crippen molar-refractivity contribution in [2.24, 2.45) is 0 Å². The Kier molecular flexibility index (Phi) is 2.03. The van der Waals surface area contributed by atoms with Gasteiger partial charge in [-0.15, -0.1) is 0 Å². The Bertz CT molecular complexity index is 288. The zero-order valence-electron chi connectivity index (χ0n) is 5.43. The SMILES string of the molecule is Cc1cc(Br)ncc1C#N. The molecule has 0 saturated carbocycles. The average Bonchev–Trinajstić information content (AvgIpc) is 1.88. The van der Waals surface area contributed by atoms with Gasteiger partial charge in [0.2, 0.25) is 0 Å². The Morgan fingerprint density at radius 2 is 2.40 bits per heavy atom. The van der Waals surface area contributed by atoms with Crippen molar-refractivity contribution in [1.29, 1.82) is 5.26 Å². The molecule has 1 heterocycles. The van der Waals surface area contributed by atoms with Gasteiger partial charge in [-0.1, -0.05) is 0 Å². The van der Waals surface area contributed by atoms with E-state index in [0.29, 0.717) is 5.56 Å². The molecule has 0 amide bonds. The first-order valence-corrected chi connectivity index (χ1v) is 3.55. The highest BCUT2D eigenvalue weighted by molar-refractivity contribution is 9.10. The van der Waals surface area contributed by atoms with Crippen LogP contribution in [0.1, 0.15) is 11.1 Å². The molecular formula is C7H5BrN2. The molecule has 50 valence electrons. The van der Waals surface area contributed by atoms with Crippen LogP contribution in [0.3, 0.4) is 0 Å². The van der Waals surface area contributed by atoms with Gasteiger partial charge < -0.3 is 0 Å². The van der Waals surface area contributed by atoms with Crippen molar-refractivity contribution in [2.45, 2.75) is 6.92 Å². The topological polar surface area (TPSA) is 36.7 Å². The average molecular weight is 197 g/mol. The maximum Gasteiger partial charge on any atom is 0.106 e. The fraction of sp³-hybridized carbons (Fsp3) is 0.143. The number of halogens is 1. The van der Waals surface area contributed by atoms with Crippen molar-refractivity contribution in [3.05, 3.63) is 28.0 Å². The Morgan fingerprint density at radius 3 is 2.90 bits per heavy atom. The monoisotopic (exact) mass is 196 g/mol. The molecule has 1 aromatic rings. The van der Waals surface area contributed by atoms with Crippen LogP contribution < -0.4 is 0 Å². The summed E-state index contributed by atoms with van der Waals surface area (Å²) in [5.41, 5.74) is 1.58. The molecular weight excluding hydrogens is 192 g/mol. The Hall–Kier alpha value is -0.880. The number of pyridine rings is 1. The van der Waals surface area contributed by atoms with Gasteiger partial charge in [-0.25, -0.2) is 4.98 Å². The Morgan fingerprint density at radius 1 is 1.70 bits per heavy atom. The fourth-order valence-corrected chi connectivity index (χ4v) is 1.08. The molecule has 0 fully saturated rings. The third kappa shape index (κ3) is 1.34. The molecule has 2 nitrogen and oxygen atoms in total. The lowest BCUT2D eigenvalue weighted by Crippen LogP contribution is -1.83. The third-order valence-electron chi connectivity index (χ3n) is 1.20. The minimum absolute atomic E-state index is 0.628. The molecule has 0 radical (unpaired) electrons. The van der Waals surface area contributed by atoms with Crippen molar-refractivity contribution in [3.8, 4) is 6.07 Å². The van der Waals surface area contributed by atoms with Crippen LogP contribution in [0.25, 0.3) is 0 Å². The predicted octanol–water partition coefficient (Wildman–Crippen LogP) is 2.02. The van der Waals surface area contributed by atoms with Gasteiger partial charge in [0.15, 0.2) is 0 Å². The normalized spacial score (nSPS) is 8.90. The largest absolute Gasteiger partial charge is 0.248 e. The molecule has 0 atom stereocenters. The molecule has 0 spiro atoms. The highest BCUT2D eigenvalue weighted by Gasteiger charge is 1.96. The molecule has 0 aliphatic carbocycles. The van der Waals surface area contributed by atoms with Crippen molar-refractivity contribution in [1.82, 2.24) is 4.98 Å². The predicted molar refractivity (Wildman–Crippen MR) is 41.4 cm³/mol. The van der Waals surface area contributed by atoms with E-state index in [9.17, 15) is 0 Å². The van der Waals surface area contributed by atoms with Crippen LogP contribution in [0.15, 0.2) is 16.9 Å². The first kappa shape index (κ1) is 7.23. The van der Waals surface area contributed by atoms with Crippen LogP contribution in [0, 0.1) is 18.3 Å². The molecule has 1 aromatic heterocycles. The van der Waals surface area contributed by atoms with Crippen molar-refractivity contribution in [2.75, 3.05) is 0 Å². The maximum absolute atomic E-state index is 8.50. The quantitative estimate of drug-likeness (QED) is 0.596. The number of nitrogens with zero attached hydrogens (tertiary/aromatic N) is 2. The number of aromatic nitrogens is 1.